The second kappa shape index (κ2) is 11.8. The Labute approximate surface area is 214 Å². The smallest absolute Gasteiger partial charge is 0.310 e. The van der Waals surface area contributed by atoms with E-state index in [1.54, 1.807) is 36.2 Å². The van der Waals surface area contributed by atoms with Crippen LogP contribution in [0.4, 0.5) is 15.9 Å². The van der Waals surface area contributed by atoms with Crippen molar-refractivity contribution in [1.82, 2.24) is 24.6 Å². The molecule has 37 heavy (non-hydrogen) atoms. The number of halogens is 1. The van der Waals surface area contributed by atoms with Crippen molar-refractivity contribution in [2.45, 2.75) is 32.0 Å². The summed E-state index contributed by atoms with van der Waals surface area (Å²) in [7, 11) is 3.47. The second-order valence-corrected chi connectivity index (χ2v) is 8.90. The molecule has 1 N–H and O–H groups in total. The van der Waals surface area contributed by atoms with Gasteiger partial charge < -0.3 is 24.6 Å². The van der Waals surface area contributed by atoms with E-state index in [-0.39, 0.29) is 24.4 Å². The molecule has 0 spiro atoms. The van der Waals surface area contributed by atoms with Gasteiger partial charge in [0, 0.05) is 32.9 Å². The van der Waals surface area contributed by atoms with Gasteiger partial charge in [-0.2, -0.15) is 14.5 Å². The summed E-state index contributed by atoms with van der Waals surface area (Å²) < 4.78 is 26.1. The molecule has 0 saturated carbocycles. The van der Waals surface area contributed by atoms with Crippen LogP contribution in [0, 0.1) is 13.0 Å². The number of carbonyl (C=O) groups excluding carboxylic acids is 2. The van der Waals surface area contributed by atoms with Crippen LogP contribution in [-0.4, -0.2) is 82.5 Å². The van der Waals surface area contributed by atoms with Gasteiger partial charge in [-0.25, -0.2) is 4.98 Å². The highest BCUT2D eigenvalue weighted by atomic mass is 19.1. The van der Waals surface area contributed by atoms with Gasteiger partial charge in [0.05, 0.1) is 31.1 Å². The highest BCUT2D eigenvalue weighted by Gasteiger charge is 2.34. The lowest BCUT2D eigenvalue weighted by Crippen LogP contribution is -2.34. The fourth-order valence-corrected chi connectivity index (χ4v) is 3.83. The lowest BCUT2D eigenvalue weighted by atomic mass is 10.1. The Hall–Kier alpha value is -4.06. The van der Waals surface area contributed by atoms with Crippen molar-refractivity contribution >= 4 is 23.3 Å². The van der Waals surface area contributed by atoms with Gasteiger partial charge >= 0.3 is 6.08 Å². The van der Waals surface area contributed by atoms with Gasteiger partial charge in [-0.1, -0.05) is 17.7 Å². The first kappa shape index (κ1) is 26.0. The van der Waals surface area contributed by atoms with Crippen molar-refractivity contribution in [2.24, 2.45) is 0 Å². The molecule has 0 aliphatic carbocycles. The minimum Gasteiger partial charge on any atom is -0.492 e. The number of anilines is 2. The Morgan fingerprint density at radius 3 is 2.78 bits per heavy atom. The Morgan fingerprint density at radius 2 is 2.03 bits per heavy atom. The molecule has 3 aromatic rings. The number of hydrogen-bond donors (Lipinski definition) is 1. The molecule has 4 rings (SSSR count). The van der Waals surface area contributed by atoms with Crippen molar-refractivity contribution in [3.05, 3.63) is 60.6 Å². The van der Waals surface area contributed by atoms with Crippen molar-refractivity contribution in [1.29, 1.82) is 0 Å². The Morgan fingerprint density at radius 1 is 1.24 bits per heavy atom. The molecule has 1 aliphatic rings. The topological polar surface area (TPSA) is 115 Å². The SMILES string of the molecule is Cc1ccc(OCCN(C)C(=O)Cn2cc(NC(=O)C3CC(N(C)c4ccnc(F)n4)CO3)cn2)cc1. The number of carbonyl (C=O) groups is 2. The summed E-state index contributed by atoms with van der Waals surface area (Å²) >= 11 is 0. The molecule has 0 bridgehead atoms. The predicted octanol–water partition coefficient (Wildman–Crippen LogP) is 1.89. The van der Waals surface area contributed by atoms with Crippen LogP contribution in [0.3, 0.4) is 0 Å². The van der Waals surface area contributed by atoms with Crippen LogP contribution in [-0.2, 0) is 20.9 Å². The maximum atomic E-state index is 13.3. The molecule has 1 aromatic carbocycles. The lowest BCUT2D eigenvalue weighted by Gasteiger charge is -2.23. The molecule has 2 atom stereocenters. The van der Waals surface area contributed by atoms with Gasteiger partial charge in [0.1, 0.15) is 30.8 Å². The molecule has 196 valence electrons. The Bertz CT molecular complexity index is 1220. The maximum absolute atomic E-state index is 13.3. The standard InChI is InChI=1S/C25H30FN7O4/c1-17-4-6-20(7-5-17)36-11-10-31(2)23(34)15-33-14-18(13-28-33)29-24(35)21-12-19(16-37-21)32(3)22-8-9-27-25(26)30-22/h4-9,13-14,19,21H,10-12,15-16H2,1-3H3,(H,29,35). The molecular weight excluding hydrogens is 481 g/mol. The van der Waals surface area contributed by atoms with E-state index in [1.165, 1.54) is 17.1 Å². The van der Waals surface area contributed by atoms with Gasteiger partial charge in [-0.15, -0.1) is 0 Å². The molecule has 12 heteroatoms. The number of aromatic nitrogens is 4. The summed E-state index contributed by atoms with van der Waals surface area (Å²) in [6.45, 7) is 3.13. The first-order chi connectivity index (χ1) is 17.8. The minimum atomic E-state index is -0.810. The number of benzene rings is 1. The summed E-state index contributed by atoms with van der Waals surface area (Å²) in [4.78, 5) is 35.8. The fraction of sp³-hybridized carbons (Fsp3) is 0.400. The van der Waals surface area contributed by atoms with Crippen LogP contribution in [0.2, 0.25) is 0 Å². The zero-order chi connectivity index (χ0) is 26.4. The van der Waals surface area contributed by atoms with Crippen LogP contribution in [0.1, 0.15) is 12.0 Å². The van der Waals surface area contributed by atoms with E-state index >= 15 is 0 Å². The van der Waals surface area contributed by atoms with E-state index in [9.17, 15) is 14.0 Å². The summed E-state index contributed by atoms with van der Waals surface area (Å²) in [6.07, 6.45) is 3.34. The van der Waals surface area contributed by atoms with Crippen LogP contribution in [0.25, 0.3) is 0 Å². The van der Waals surface area contributed by atoms with E-state index in [2.05, 4.69) is 20.4 Å². The number of hydrogen-bond acceptors (Lipinski definition) is 8. The number of rotatable bonds is 10. The van der Waals surface area contributed by atoms with Crippen LogP contribution < -0.4 is 15.0 Å². The average Bonchev–Trinajstić information content (AvgIpc) is 3.55. The number of likely N-dealkylation sites (N-methyl/N-ethyl adjacent to an activating group) is 2. The van der Waals surface area contributed by atoms with Crippen LogP contribution in [0.5, 0.6) is 5.75 Å². The van der Waals surface area contributed by atoms with Gasteiger partial charge in [0.2, 0.25) is 5.91 Å². The van der Waals surface area contributed by atoms with Gasteiger partial charge in [-0.3, -0.25) is 14.3 Å². The zero-order valence-electron chi connectivity index (χ0n) is 21.0. The molecule has 2 aromatic heterocycles. The maximum Gasteiger partial charge on any atom is 0.310 e. The fourth-order valence-electron chi connectivity index (χ4n) is 3.83. The number of ether oxygens (including phenoxy) is 2. The van der Waals surface area contributed by atoms with Crippen LogP contribution >= 0.6 is 0 Å². The molecule has 3 heterocycles. The lowest BCUT2D eigenvalue weighted by molar-refractivity contribution is -0.131. The normalized spacial score (nSPS) is 16.9. The average molecular weight is 512 g/mol. The van der Waals surface area contributed by atoms with E-state index in [1.807, 2.05) is 31.2 Å². The molecule has 2 amide bonds. The molecule has 1 aliphatic heterocycles. The van der Waals surface area contributed by atoms with Crippen molar-refractivity contribution in [3.63, 3.8) is 0 Å². The van der Waals surface area contributed by atoms with E-state index < -0.39 is 12.2 Å². The van der Waals surface area contributed by atoms with Crippen LogP contribution in [0.15, 0.2) is 48.9 Å². The summed E-state index contributed by atoms with van der Waals surface area (Å²) in [5.74, 6) is 0.714. The highest BCUT2D eigenvalue weighted by molar-refractivity contribution is 5.94. The first-order valence-electron chi connectivity index (χ1n) is 11.9. The minimum absolute atomic E-state index is 0.0270. The van der Waals surface area contributed by atoms with Crippen molar-refractivity contribution in [3.8, 4) is 5.75 Å². The zero-order valence-corrected chi connectivity index (χ0v) is 21.0. The summed E-state index contributed by atoms with van der Waals surface area (Å²) in [5.41, 5.74) is 1.61. The van der Waals surface area contributed by atoms with Gasteiger partial charge in [0.25, 0.3) is 5.91 Å². The van der Waals surface area contributed by atoms with Gasteiger partial charge in [0.15, 0.2) is 0 Å². The van der Waals surface area contributed by atoms with E-state index in [4.69, 9.17) is 9.47 Å². The second-order valence-electron chi connectivity index (χ2n) is 8.90. The Balaban J connectivity index is 1.21. The van der Waals surface area contributed by atoms with Crippen molar-refractivity contribution in [2.75, 3.05) is 44.1 Å². The molecular formula is C25H30FN7O4. The molecule has 2 unspecified atom stereocenters. The third-order valence-electron chi connectivity index (χ3n) is 6.13. The van der Waals surface area contributed by atoms with E-state index in [0.29, 0.717) is 37.7 Å². The molecule has 1 saturated heterocycles. The third-order valence-corrected chi connectivity index (χ3v) is 6.13. The third kappa shape index (κ3) is 7.00. The quantitative estimate of drug-likeness (QED) is 0.411. The summed E-state index contributed by atoms with van der Waals surface area (Å²) in [6, 6.07) is 9.18. The monoisotopic (exact) mass is 511 g/mol. The number of amides is 2. The first-order valence-corrected chi connectivity index (χ1v) is 11.9. The number of aryl methyl sites for hydroxylation is 1. The molecule has 11 nitrogen and oxygen atoms in total. The predicted molar refractivity (Wildman–Crippen MR) is 134 cm³/mol. The molecule has 0 radical (unpaired) electrons. The summed E-state index contributed by atoms with van der Waals surface area (Å²) in [5, 5.41) is 6.95. The number of nitrogens with one attached hydrogen (secondary N) is 1. The number of nitrogens with zero attached hydrogens (tertiary/aromatic N) is 6. The van der Waals surface area contributed by atoms with Crippen molar-refractivity contribution < 1.29 is 23.5 Å². The largest absolute Gasteiger partial charge is 0.492 e. The van der Waals surface area contributed by atoms with E-state index in [0.717, 1.165) is 11.3 Å². The highest BCUT2D eigenvalue weighted by Crippen LogP contribution is 2.23. The Kier molecular flexibility index (Phi) is 8.29. The molecule has 1 fully saturated rings. The van der Waals surface area contributed by atoms with Gasteiger partial charge in [-0.05, 0) is 25.1 Å².